The number of Topliss-reactive ketones (excluding diaryl/α,β-unsaturated/α-hetero) is 1. The minimum absolute atomic E-state index is 0.0552. The highest BCUT2D eigenvalue weighted by molar-refractivity contribution is 6.33. The largest absolute Gasteiger partial charge is 0.292 e. The van der Waals surface area contributed by atoms with Crippen molar-refractivity contribution in [3.8, 4) is 0 Å². The van der Waals surface area contributed by atoms with E-state index in [1.54, 1.807) is 16.8 Å². The molecule has 1 aromatic heterocycles. The van der Waals surface area contributed by atoms with E-state index in [1.165, 1.54) is 18.3 Å². The molecule has 0 fully saturated rings. The molecule has 3 nitrogen and oxygen atoms in total. The van der Waals surface area contributed by atoms with Crippen LogP contribution >= 0.6 is 11.6 Å². The maximum Gasteiger partial charge on any atom is 0.186 e. The van der Waals surface area contributed by atoms with Gasteiger partial charge < -0.3 is 0 Å². The maximum absolute atomic E-state index is 12.8. The lowest BCUT2D eigenvalue weighted by Crippen LogP contribution is -2.14. The monoisotopic (exact) mass is 280 g/mol. The Labute approximate surface area is 116 Å². The number of hydrogen-bond acceptors (Lipinski definition) is 2. The Hall–Kier alpha value is -1.68. The first-order valence-electron chi connectivity index (χ1n) is 5.99. The second kappa shape index (κ2) is 5.53. The second-order valence-electron chi connectivity index (χ2n) is 4.61. The quantitative estimate of drug-likeness (QED) is 0.801. The zero-order chi connectivity index (χ0) is 14.0. The molecular formula is C14H14ClFN2O. The Bertz CT molecular complexity index is 590. The molecule has 0 unspecified atom stereocenters. The molecule has 1 aromatic carbocycles. The van der Waals surface area contributed by atoms with Crippen molar-refractivity contribution in [2.24, 2.45) is 0 Å². The Balaban J connectivity index is 2.25. The van der Waals surface area contributed by atoms with Gasteiger partial charge in [-0.2, -0.15) is 5.10 Å². The fourth-order valence-electron chi connectivity index (χ4n) is 1.87. The van der Waals surface area contributed by atoms with Gasteiger partial charge in [-0.1, -0.05) is 23.7 Å². The number of carbonyl (C=O) groups excluding carboxylic acids is 1. The van der Waals surface area contributed by atoms with Gasteiger partial charge in [-0.25, -0.2) is 4.39 Å². The molecule has 2 aromatic rings. The summed E-state index contributed by atoms with van der Waals surface area (Å²) in [7, 11) is 0. The smallest absolute Gasteiger partial charge is 0.186 e. The van der Waals surface area contributed by atoms with E-state index >= 15 is 0 Å². The summed E-state index contributed by atoms with van der Waals surface area (Å²) in [4.78, 5) is 12.3. The van der Waals surface area contributed by atoms with Crippen LogP contribution in [0.25, 0.3) is 0 Å². The summed E-state index contributed by atoms with van der Waals surface area (Å²) in [5.74, 6) is -0.440. The lowest BCUT2D eigenvalue weighted by atomic mass is 10.1. The van der Waals surface area contributed by atoms with Gasteiger partial charge in [-0.15, -0.1) is 0 Å². The average molecular weight is 281 g/mol. The molecule has 0 N–H and O–H groups in total. The molecule has 2 rings (SSSR count). The molecular weight excluding hydrogens is 267 g/mol. The van der Waals surface area contributed by atoms with E-state index in [1.807, 2.05) is 13.8 Å². The molecule has 100 valence electrons. The number of rotatable bonds is 4. The molecule has 0 amide bonds. The van der Waals surface area contributed by atoms with Crippen LogP contribution in [0.2, 0.25) is 5.02 Å². The third-order valence-corrected chi connectivity index (χ3v) is 3.06. The van der Waals surface area contributed by atoms with Gasteiger partial charge in [0.05, 0.1) is 11.2 Å². The van der Waals surface area contributed by atoms with E-state index in [2.05, 4.69) is 5.10 Å². The summed E-state index contributed by atoms with van der Waals surface area (Å²) < 4.78 is 14.4. The van der Waals surface area contributed by atoms with Crippen LogP contribution in [0.1, 0.15) is 35.9 Å². The van der Waals surface area contributed by atoms with Crippen LogP contribution in [-0.2, 0) is 6.42 Å². The summed E-state index contributed by atoms with van der Waals surface area (Å²) >= 11 is 6.01. The predicted octanol–water partition coefficient (Wildman–Crippen LogP) is 3.68. The molecule has 0 spiro atoms. The number of hydrogen-bond donors (Lipinski definition) is 0. The van der Waals surface area contributed by atoms with Gasteiger partial charge in [0.15, 0.2) is 5.78 Å². The van der Waals surface area contributed by atoms with Crippen molar-refractivity contribution in [1.82, 2.24) is 9.78 Å². The zero-order valence-corrected chi connectivity index (χ0v) is 11.5. The van der Waals surface area contributed by atoms with Crippen molar-refractivity contribution >= 4 is 17.4 Å². The van der Waals surface area contributed by atoms with Gasteiger partial charge in [0.25, 0.3) is 0 Å². The second-order valence-corrected chi connectivity index (χ2v) is 5.01. The van der Waals surface area contributed by atoms with Crippen LogP contribution in [-0.4, -0.2) is 15.6 Å². The van der Waals surface area contributed by atoms with Gasteiger partial charge in [0.2, 0.25) is 0 Å². The number of carbonyl (C=O) groups is 1. The van der Waals surface area contributed by atoms with Crippen LogP contribution in [0.3, 0.4) is 0 Å². The normalized spacial score (nSPS) is 11.0. The number of ketones is 1. The molecule has 0 atom stereocenters. The average Bonchev–Trinajstić information content (AvgIpc) is 2.74. The van der Waals surface area contributed by atoms with Crippen LogP contribution in [0.15, 0.2) is 30.5 Å². The lowest BCUT2D eigenvalue weighted by Gasteiger charge is -2.10. The topological polar surface area (TPSA) is 34.9 Å². The molecule has 19 heavy (non-hydrogen) atoms. The fourth-order valence-corrected chi connectivity index (χ4v) is 2.10. The highest BCUT2D eigenvalue weighted by Gasteiger charge is 2.19. The Morgan fingerprint density at radius 2 is 2.00 bits per heavy atom. The molecule has 0 aliphatic heterocycles. The van der Waals surface area contributed by atoms with Crippen LogP contribution < -0.4 is 0 Å². The fraction of sp³-hybridized carbons (Fsp3) is 0.286. The number of aromatic nitrogens is 2. The Morgan fingerprint density at radius 3 is 2.58 bits per heavy atom. The van der Waals surface area contributed by atoms with Crippen molar-refractivity contribution in [2.75, 3.05) is 0 Å². The van der Waals surface area contributed by atoms with E-state index in [0.29, 0.717) is 10.7 Å². The van der Waals surface area contributed by atoms with E-state index in [9.17, 15) is 9.18 Å². The van der Waals surface area contributed by atoms with Gasteiger partial charge in [-0.3, -0.25) is 9.48 Å². The van der Waals surface area contributed by atoms with Gasteiger partial charge in [-0.05, 0) is 31.5 Å². The van der Waals surface area contributed by atoms with Crippen LogP contribution in [0.5, 0.6) is 0 Å². The molecule has 0 saturated carbocycles. The first-order chi connectivity index (χ1) is 8.99. The highest BCUT2D eigenvalue weighted by Crippen LogP contribution is 2.21. The van der Waals surface area contributed by atoms with Crippen molar-refractivity contribution < 1.29 is 9.18 Å². The van der Waals surface area contributed by atoms with Gasteiger partial charge >= 0.3 is 0 Å². The molecule has 1 heterocycles. The summed E-state index contributed by atoms with van der Waals surface area (Å²) in [5, 5.41) is 4.44. The van der Waals surface area contributed by atoms with Crippen LogP contribution in [0, 0.1) is 5.82 Å². The lowest BCUT2D eigenvalue weighted by molar-refractivity contribution is 0.0981. The van der Waals surface area contributed by atoms with Gasteiger partial charge in [0, 0.05) is 12.5 Å². The minimum Gasteiger partial charge on any atom is -0.292 e. The number of halogens is 2. The first-order valence-corrected chi connectivity index (χ1v) is 6.37. The summed E-state index contributed by atoms with van der Waals surface area (Å²) in [6, 6.07) is 5.92. The predicted molar refractivity (Wildman–Crippen MR) is 72.1 cm³/mol. The molecule has 0 bridgehead atoms. The summed E-state index contributed by atoms with van der Waals surface area (Å²) in [5.41, 5.74) is 1.15. The number of nitrogens with zero attached hydrogens (tertiary/aromatic N) is 2. The molecule has 0 aliphatic carbocycles. The van der Waals surface area contributed by atoms with Crippen molar-refractivity contribution in [3.63, 3.8) is 0 Å². The van der Waals surface area contributed by atoms with Crippen molar-refractivity contribution in [1.29, 1.82) is 0 Å². The Kier molecular flexibility index (Phi) is 4.00. The van der Waals surface area contributed by atoms with E-state index in [4.69, 9.17) is 11.6 Å². The van der Waals surface area contributed by atoms with Gasteiger partial charge in [0.1, 0.15) is 11.5 Å². The molecule has 0 aliphatic rings. The zero-order valence-electron chi connectivity index (χ0n) is 10.7. The van der Waals surface area contributed by atoms with E-state index in [0.717, 1.165) is 5.56 Å². The first kappa shape index (κ1) is 13.7. The minimum atomic E-state index is -0.318. The van der Waals surface area contributed by atoms with Crippen molar-refractivity contribution in [2.45, 2.75) is 26.3 Å². The third kappa shape index (κ3) is 3.01. The van der Waals surface area contributed by atoms with E-state index in [-0.39, 0.29) is 24.1 Å². The highest BCUT2D eigenvalue weighted by atomic mass is 35.5. The molecule has 0 saturated heterocycles. The van der Waals surface area contributed by atoms with Crippen molar-refractivity contribution in [3.05, 3.63) is 52.6 Å². The molecule has 0 radical (unpaired) electrons. The van der Waals surface area contributed by atoms with Crippen LogP contribution in [0.4, 0.5) is 4.39 Å². The number of benzene rings is 1. The third-order valence-electron chi connectivity index (χ3n) is 2.78. The Morgan fingerprint density at radius 1 is 1.37 bits per heavy atom. The standard InChI is InChI=1S/C14H14ClFN2O/c1-9(2)18-14(12(15)8-17-18)13(19)7-10-3-5-11(16)6-4-10/h3-6,8-9H,7H2,1-2H3. The maximum atomic E-state index is 12.8. The van der Waals surface area contributed by atoms with E-state index < -0.39 is 0 Å². The molecule has 5 heteroatoms. The summed E-state index contributed by atoms with van der Waals surface area (Å²) in [6.45, 7) is 3.86. The SMILES string of the molecule is CC(C)n1ncc(Cl)c1C(=O)Cc1ccc(F)cc1. The summed E-state index contributed by atoms with van der Waals surface area (Å²) in [6.07, 6.45) is 1.65.